The topological polar surface area (TPSA) is 59.0 Å². The van der Waals surface area contributed by atoms with Crippen LogP contribution >= 0.6 is 0 Å². The first-order valence-electron chi connectivity index (χ1n) is 4.82. The minimum Gasteiger partial charge on any atom is -0.449 e. The van der Waals surface area contributed by atoms with Crippen molar-refractivity contribution in [2.75, 3.05) is 33.4 Å². The smallest absolute Gasteiger partial charge is 0.409 e. The van der Waals surface area contributed by atoms with Gasteiger partial charge in [0.1, 0.15) is 0 Å². The Morgan fingerprint density at radius 1 is 1.71 bits per heavy atom. The number of hydrogen-bond acceptors (Lipinski definition) is 4. The van der Waals surface area contributed by atoms with E-state index >= 15 is 0 Å². The molecular formula is C9H17NO4. The van der Waals surface area contributed by atoms with Crippen molar-refractivity contribution in [1.29, 1.82) is 0 Å². The van der Waals surface area contributed by atoms with Crippen LogP contribution in [0.15, 0.2) is 0 Å². The van der Waals surface area contributed by atoms with Crippen LogP contribution in [0.3, 0.4) is 0 Å². The summed E-state index contributed by atoms with van der Waals surface area (Å²) < 4.78 is 9.64. The van der Waals surface area contributed by atoms with Gasteiger partial charge in [0.05, 0.1) is 19.3 Å². The number of carbonyl (C=O) groups is 1. The van der Waals surface area contributed by atoms with Crippen LogP contribution in [0.5, 0.6) is 0 Å². The largest absolute Gasteiger partial charge is 0.449 e. The molecule has 1 unspecified atom stereocenters. The van der Waals surface area contributed by atoms with Crippen molar-refractivity contribution in [3.8, 4) is 0 Å². The molecule has 1 fully saturated rings. The van der Waals surface area contributed by atoms with Crippen molar-refractivity contribution in [2.24, 2.45) is 0 Å². The Hall–Kier alpha value is -0.810. The van der Waals surface area contributed by atoms with Gasteiger partial charge in [-0.3, -0.25) is 0 Å². The molecule has 0 radical (unpaired) electrons. The molecule has 0 spiro atoms. The summed E-state index contributed by atoms with van der Waals surface area (Å²) in [5, 5.41) is 9.36. The molecule has 0 aromatic carbocycles. The molecule has 1 heterocycles. The van der Waals surface area contributed by atoms with E-state index in [-0.39, 0.29) is 6.09 Å². The lowest BCUT2D eigenvalue weighted by molar-refractivity contribution is 0.0396. The van der Waals surface area contributed by atoms with Crippen LogP contribution in [0.25, 0.3) is 0 Å². The molecule has 0 aromatic rings. The maximum absolute atomic E-state index is 11.2. The number of aliphatic hydroxyl groups excluding tert-OH is 1. The van der Waals surface area contributed by atoms with E-state index < -0.39 is 6.10 Å². The van der Waals surface area contributed by atoms with Crippen LogP contribution in [-0.2, 0) is 9.47 Å². The van der Waals surface area contributed by atoms with Crippen LogP contribution < -0.4 is 0 Å². The number of aliphatic hydroxyl groups is 1. The van der Waals surface area contributed by atoms with Gasteiger partial charge < -0.3 is 19.5 Å². The summed E-state index contributed by atoms with van der Waals surface area (Å²) in [6, 6.07) is 0. The van der Waals surface area contributed by atoms with Crippen molar-refractivity contribution in [3.05, 3.63) is 0 Å². The number of rotatable bonds is 5. The highest BCUT2D eigenvalue weighted by Crippen LogP contribution is 2.06. The first kappa shape index (κ1) is 11.3. The molecule has 1 aliphatic rings. The Morgan fingerprint density at radius 3 is 3.14 bits per heavy atom. The number of cyclic esters (lactones) is 1. The third-order valence-electron chi connectivity index (χ3n) is 2.15. The summed E-state index contributed by atoms with van der Waals surface area (Å²) in [4.78, 5) is 12.8. The number of amides is 1. The van der Waals surface area contributed by atoms with Gasteiger partial charge in [0.25, 0.3) is 0 Å². The van der Waals surface area contributed by atoms with Gasteiger partial charge in [-0.2, -0.15) is 0 Å². The molecule has 82 valence electrons. The van der Waals surface area contributed by atoms with Crippen molar-refractivity contribution < 1.29 is 19.4 Å². The SMILES string of the molecule is COCC(O)CCN1CCCOC1=O. The molecule has 1 rings (SSSR count). The minimum atomic E-state index is -0.505. The number of carbonyl (C=O) groups excluding carboxylic acids is 1. The van der Waals surface area contributed by atoms with E-state index in [4.69, 9.17) is 9.47 Å². The third-order valence-corrected chi connectivity index (χ3v) is 2.15. The van der Waals surface area contributed by atoms with E-state index in [0.717, 1.165) is 13.0 Å². The molecule has 0 bridgehead atoms. The van der Waals surface area contributed by atoms with E-state index in [1.807, 2.05) is 0 Å². The van der Waals surface area contributed by atoms with Gasteiger partial charge in [0.15, 0.2) is 0 Å². The first-order chi connectivity index (χ1) is 6.74. The summed E-state index contributed by atoms with van der Waals surface area (Å²) in [6.07, 6.45) is 0.616. The van der Waals surface area contributed by atoms with Crippen molar-refractivity contribution in [3.63, 3.8) is 0 Å². The molecule has 1 amide bonds. The van der Waals surface area contributed by atoms with Gasteiger partial charge in [0.2, 0.25) is 0 Å². The molecule has 5 nitrogen and oxygen atoms in total. The summed E-state index contributed by atoms with van der Waals surface area (Å²) in [6.45, 7) is 2.07. The van der Waals surface area contributed by atoms with E-state index in [1.165, 1.54) is 0 Å². The zero-order valence-electron chi connectivity index (χ0n) is 8.44. The lowest BCUT2D eigenvalue weighted by atomic mass is 10.2. The molecule has 14 heavy (non-hydrogen) atoms. The minimum absolute atomic E-state index is 0.277. The number of nitrogens with zero attached hydrogens (tertiary/aromatic N) is 1. The highest BCUT2D eigenvalue weighted by molar-refractivity contribution is 5.68. The summed E-state index contributed by atoms with van der Waals surface area (Å²) in [5.41, 5.74) is 0. The van der Waals surface area contributed by atoms with Gasteiger partial charge in [-0.05, 0) is 12.8 Å². The van der Waals surface area contributed by atoms with Crippen LogP contribution in [0, 0.1) is 0 Å². The Kier molecular flexibility index (Phi) is 4.69. The van der Waals surface area contributed by atoms with Gasteiger partial charge in [-0.25, -0.2) is 4.79 Å². The van der Waals surface area contributed by atoms with Crippen LogP contribution in [0.1, 0.15) is 12.8 Å². The molecule has 1 N–H and O–H groups in total. The van der Waals surface area contributed by atoms with Gasteiger partial charge in [-0.15, -0.1) is 0 Å². The Balaban J connectivity index is 2.19. The fourth-order valence-electron chi connectivity index (χ4n) is 1.38. The fraction of sp³-hybridized carbons (Fsp3) is 0.889. The molecule has 1 atom stereocenters. The lowest BCUT2D eigenvalue weighted by Crippen LogP contribution is -2.39. The zero-order valence-corrected chi connectivity index (χ0v) is 8.44. The third kappa shape index (κ3) is 3.51. The van der Waals surface area contributed by atoms with Crippen LogP contribution in [-0.4, -0.2) is 55.6 Å². The molecule has 5 heteroatoms. The molecule has 0 saturated carbocycles. The summed E-state index contributed by atoms with van der Waals surface area (Å²) in [7, 11) is 1.54. The summed E-state index contributed by atoms with van der Waals surface area (Å²) in [5.74, 6) is 0. The predicted octanol–water partition coefficient (Wildman–Crippen LogP) is 0.226. The lowest BCUT2D eigenvalue weighted by Gasteiger charge is -2.26. The average Bonchev–Trinajstić information content (AvgIpc) is 2.17. The second-order valence-electron chi connectivity index (χ2n) is 3.35. The van der Waals surface area contributed by atoms with Crippen molar-refractivity contribution in [2.45, 2.75) is 18.9 Å². The first-order valence-corrected chi connectivity index (χ1v) is 4.82. The molecule has 0 aliphatic carbocycles. The van der Waals surface area contributed by atoms with E-state index in [1.54, 1.807) is 12.0 Å². The van der Waals surface area contributed by atoms with Crippen LogP contribution in [0.2, 0.25) is 0 Å². The van der Waals surface area contributed by atoms with Crippen LogP contribution in [0.4, 0.5) is 4.79 Å². The average molecular weight is 203 g/mol. The Morgan fingerprint density at radius 2 is 2.50 bits per heavy atom. The van der Waals surface area contributed by atoms with Crippen molar-refractivity contribution >= 4 is 6.09 Å². The number of ether oxygens (including phenoxy) is 2. The van der Waals surface area contributed by atoms with Gasteiger partial charge in [-0.1, -0.05) is 0 Å². The molecular weight excluding hydrogens is 186 g/mol. The maximum Gasteiger partial charge on any atom is 0.409 e. The summed E-state index contributed by atoms with van der Waals surface area (Å²) >= 11 is 0. The highest BCUT2D eigenvalue weighted by atomic mass is 16.6. The Labute approximate surface area is 83.6 Å². The second kappa shape index (κ2) is 5.82. The predicted molar refractivity (Wildman–Crippen MR) is 50.0 cm³/mol. The molecule has 0 aromatic heterocycles. The number of methoxy groups -OCH3 is 1. The normalized spacial score (nSPS) is 19.3. The van der Waals surface area contributed by atoms with Gasteiger partial charge >= 0.3 is 6.09 Å². The van der Waals surface area contributed by atoms with E-state index in [0.29, 0.717) is 26.2 Å². The van der Waals surface area contributed by atoms with E-state index in [9.17, 15) is 9.90 Å². The zero-order chi connectivity index (χ0) is 10.4. The number of hydrogen-bond donors (Lipinski definition) is 1. The Bertz CT molecular complexity index is 186. The van der Waals surface area contributed by atoms with Gasteiger partial charge in [0, 0.05) is 20.2 Å². The molecule has 1 aliphatic heterocycles. The standard InChI is InChI=1S/C9H17NO4/c1-13-7-8(11)3-5-10-4-2-6-14-9(10)12/h8,11H,2-7H2,1H3. The second-order valence-corrected chi connectivity index (χ2v) is 3.35. The molecule has 1 saturated heterocycles. The van der Waals surface area contributed by atoms with E-state index in [2.05, 4.69) is 0 Å². The maximum atomic E-state index is 11.2. The highest BCUT2D eigenvalue weighted by Gasteiger charge is 2.19. The monoisotopic (exact) mass is 203 g/mol. The quantitative estimate of drug-likeness (QED) is 0.694. The van der Waals surface area contributed by atoms with Crippen molar-refractivity contribution in [1.82, 2.24) is 4.90 Å². The fourth-order valence-corrected chi connectivity index (χ4v) is 1.38.